The fourth-order valence-corrected chi connectivity index (χ4v) is 2.04. The van der Waals surface area contributed by atoms with Crippen molar-refractivity contribution in [1.29, 1.82) is 0 Å². The lowest BCUT2D eigenvalue weighted by atomic mass is 10.2. The Morgan fingerprint density at radius 1 is 1.15 bits per heavy atom. The second-order valence-corrected chi connectivity index (χ2v) is 5.26. The summed E-state index contributed by atoms with van der Waals surface area (Å²) in [6, 6.07) is 4.80. The number of carbonyl (C=O) groups excluding carboxylic acids is 1. The minimum atomic E-state index is -4.69. The highest BCUT2D eigenvalue weighted by atomic mass is 19.4. The summed E-state index contributed by atoms with van der Waals surface area (Å²) >= 11 is 0. The fraction of sp³-hybridized carbons (Fsp3) is 0.267. The van der Waals surface area contributed by atoms with Crippen molar-refractivity contribution in [3.8, 4) is 5.69 Å². The lowest BCUT2D eigenvalue weighted by molar-refractivity contribution is -0.137. The summed E-state index contributed by atoms with van der Waals surface area (Å²) in [4.78, 5) is 23.6. The van der Waals surface area contributed by atoms with Gasteiger partial charge in [0, 0.05) is 11.8 Å². The zero-order valence-corrected chi connectivity index (χ0v) is 13.1. The molecular weight excluding hydrogens is 368 g/mol. The van der Waals surface area contributed by atoms with E-state index in [1.54, 1.807) is 0 Å². The summed E-state index contributed by atoms with van der Waals surface area (Å²) in [5.74, 6) is -1.38. The standard InChI is InChI=1S/C15H11F6N3O2/c1-8-5-11(25)12(13(26)22-7-14(16,17)18)23-24(8)10-4-2-3-9(6-10)15(19,20)21/h2-6H,7H2,1H3,(H,22,26). The van der Waals surface area contributed by atoms with Gasteiger partial charge in [0.15, 0.2) is 5.69 Å². The molecule has 1 N–H and O–H groups in total. The van der Waals surface area contributed by atoms with Crippen molar-refractivity contribution < 1.29 is 31.1 Å². The number of carbonyl (C=O) groups is 1. The maximum absolute atomic E-state index is 12.8. The van der Waals surface area contributed by atoms with E-state index in [9.17, 15) is 35.9 Å². The Balaban J connectivity index is 2.46. The van der Waals surface area contributed by atoms with Crippen LogP contribution in [0.25, 0.3) is 5.69 Å². The first-order valence-corrected chi connectivity index (χ1v) is 7.02. The fourth-order valence-electron chi connectivity index (χ4n) is 2.04. The Bertz CT molecular complexity index is 886. The van der Waals surface area contributed by atoms with Gasteiger partial charge in [-0.15, -0.1) is 0 Å². The van der Waals surface area contributed by atoms with Crippen LogP contribution in [0.2, 0.25) is 0 Å². The zero-order chi connectivity index (χ0) is 19.7. The maximum atomic E-state index is 12.8. The first-order valence-electron chi connectivity index (χ1n) is 7.02. The molecule has 1 heterocycles. The van der Waals surface area contributed by atoms with Gasteiger partial charge in [-0.25, -0.2) is 4.68 Å². The molecule has 1 aromatic heterocycles. The van der Waals surface area contributed by atoms with E-state index >= 15 is 0 Å². The van der Waals surface area contributed by atoms with Crippen LogP contribution in [0.5, 0.6) is 0 Å². The molecule has 5 nitrogen and oxygen atoms in total. The quantitative estimate of drug-likeness (QED) is 0.835. The summed E-state index contributed by atoms with van der Waals surface area (Å²) in [5.41, 5.74) is -2.82. The first-order chi connectivity index (χ1) is 11.9. The molecule has 1 aromatic carbocycles. The predicted molar refractivity (Wildman–Crippen MR) is 78.0 cm³/mol. The Kier molecular flexibility index (Phi) is 5.10. The van der Waals surface area contributed by atoms with E-state index in [4.69, 9.17) is 0 Å². The van der Waals surface area contributed by atoms with Gasteiger partial charge in [-0.3, -0.25) is 9.59 Å². The summed E-state index contributed by atoms with van der Waals surface area (Å²) in [6.07, 6.45) is -9.32. The van der Waals surface area contributed by atoms with Gasteiger partial charge in [-0.1, -0.05) is 6.07 Å². The van der Waals surface area contributed by atoms with Gasteiger partial charge in [0.1, 0.15) is 6.54 Å². The number of hydrogen-bond donors (Lipinski definition) is 1. The minimum Gasteiger partial charge on any atom is -0.341 e. The van der Waals surface area contributed by atoms with Crippen LogP contribution >= 0.6 is 0 Å². The average Bonchev–Trinajstić information content (AvgIpc) is 2.51. The van der Waals surface area contributed by atoms with Gasteiger partial charge in [0.05, 0.1) is 11.3 Å². The Labute approximate surface area is 142 Å². The lowest BCUT2D eigenvalue weighted by Gasteiger charge is -2.14. The van der Waals surface area contributed by atoms with Gasteiger partial charge in [0.25, 0.3) is 5.91 Å². The van der Waals surface area contributed by atoms with Crippen LogP contribution in [0, 0.1) is 6.92 Å². The van der Waals surface area contributed by atoms with E-state index < -0.39 is 41.5 Å². The number of aryl methyl sites for hydroxylation is 1. The molecule has 0 unspecified atom stereocenters. The average molecular weight is 379 g/mol. The topological polar surface area (TPSA) is 64.0 Å². The number of aromatic nitrogens is 2. The third-order valence-corrected chi connectivity index (χ3v) is 3.19. The van der Waals surface area contributed by atoms with Crippen LogP contribution in [0.3, 0.4) is 0 Å². The molecule has 140 valence electrons. The Morgan fingerprint density at radius 2 is 1.81 bits per heavy atom. The van der Waals surface area contributed by atoms with E-state index in [1.165, 1.54) is 18.3 Å². The van der Waals surface area contributed by atoms with Crippen molar-refractivity contribution in [3.63, 3.8) is 0 Å². The molecule has 1 amide bonds. The number of alkyl halides is 6. The van der Waals surface area contributed by atoms with Crippen molar-refractivity contribution >= 4 is 5.91 Å². The van der Waals surface area contributed by atoms with E-state index in [0.29, 0.717) is 0 Å². The molecule has 0 aliphatic rings. The van der Waals surface area contributed by atoms with Crippen molar-refractivity contribution in [3.05, 3.63) is 57.5 Å². The van der Waals surface area contributed by atoms with Crippen molar-refractivity contribution in [2.75, 3.05) is 6.54 Å². The smallest absolute Gasteiger partial charge is 0.341 e. The van der Waals surface area contributed by atoms with Crippen LogP contribution in [0.4, 0.5) is 26.3 Å². The number of rotatable bonds is 3. The molecule has 0 atom stereocenters. The van der Waals surface area contributed by atoms with E-state index in [1.807, 2.05) is 0 Å². The molecule has 0 aliphatic heterocycles. The number of amides is 1. The molecule has 0 saturated heterocycles. The van der Waals surface area contributed by atoms with Gasteiger partial charge in [-0.2, -0.15) is 31.4 Å². The lowest BCUT2D eigenvalue weighted by Crippen LogP contribution is -2.37. The number of nitrogens with one attached hydrogen (secondary N) is 1. The Morgan fingerprint density at radius 3 is 2.38 bits per heavy atom. The molecule has 0 spiro atoms. The predicted octanol–water partition coefficient (Wildman–Crippen LogP) is 2.85. The molecule has 0 radical (unpaired) electrons. The van der Waals surface area contributed by atoms with Crippen LogP contribution in [-0.4, -0.2) is 28.4 Å². The van der Waals surface area contributed by atoms with Crippen LogP contribution in [0.15, 0.2) is 35.1 Å². The molecule has 0 saturated carbocycles. The SMILES string of the molecule is Cc1cc(=O)c(C(=O)NCC(F)(F)F)nn1-c1cccc(C(F)(F)F)c1. The van der Waals surface area contributed by atoms with Crippen molar-refractivity contribution in [2.45, 2.75) is 19.3 Å². The second kappa shape index (κ2) is 6.81. The molecule has 0 bridgehead atoms. The molecule has 2 rings (SSSR count). The normalized spacial score (nSPS) is 12.1. The maximum Gasteiger partial charge on any atom is 0.416 e. The summed E-state index contributed by atoms with van der Waals surface area (Å²) in [7, 11) is 0. The molecular formula is C15H11F6N3O2. The molecule has 0 aliphatic carbocycles. The summed E-state index contributed by atoms with van der Waals surface area (Å²) in [6.45, 7) is -0.323. The highest BCUT2D eigenvalue weighted by Crippen LogP contribution is 2.30. The molecule has 11 heteroatoms. The van der Waals surface area contributed by atoms with E-state index in [0.717, 1.165) is 28.9 Å². The van der Waals surface area contributed by atoms with Crippen LogP contribution < -0.4 is 10.7 Å². The highest BCUT2D eigenvalue weighted by molar-refractivity contribution is 5.92. The number of hydrogen-bond acceptors (Lipinski definition) is 3. The van der Waals surface area contributed by atoms with Crippen molar-refractivity contribution in [1.82, 2.24) is 15.1 Å². The number of benzene rings is 1. The molecule has 0 fully saturated rings. The largest absolute Gasteiger partial charge is 0.416 e. The summed E-state index contributed by atoms with van der Waals surface area (Å²) in [5, 5.41) is 5.12. The number of halogens is 6. The van der Waals surface area contributed by atoms with Gasteiger partial charge < -0.3 is 5.32 Å². The van der Waals surface area contributed by atoms with Gasteiger partial charge >= 0.3 is 12.4 Å². The van der Waals surface area contributed by atoms with Crippen LogP contribution in [-0.2, 0) is 6.18 Å². The first kappa shape index (κ1) is 19.5. The van der Waals surface area contributed by atoms with E-state index in [2.05, 4.69) is 5.10 Å². The Hall–Kier alpha value is -2.85. The molecule has 26 heavy (non-hydrogen) atoms. The van der Waals surface area contributed by atoms with Gasteiger partial charge in [0.2, 0.25) is 5.43 Å². The monoisotopic (exact) mass is 379 g/mol. The minimum absolute atomic E-state index is 0.0988. The van der Waals surface area contributed by atoms with Crippen LogP contribution in [0.1, 0.15) is 21.7 Å². The summed E-state index contributed by atoms with van der Waals surface area (Å²) < 4.78 is 75.8. The zero-order valence-electron chi connectivity index (χ0n) is 13.1. The van der Waals surface area contributed by atoms with Crippen molar-refractivity contribution in [2.24, 2.45) is 0 Å². The number of nitrogens with zero attached hydrogens (tertiary/aromatic N) is 2. The highest BCUT2D eigenvalue weighted by Gasteiger charge is 2.31. The van der Waals surface area contributed by atoms with Gasteiger partial charge in [-0.05, 0) is 25.1 Å². The molecule has 2 aromatic rings. The van der Waals surface area contributed by atoms with E-state index in [-0.39, 0.29) is 11.4 Å². The second-order valence-electron chi connectivity index (χ2n) is 5.26. The third kappa shape index (κ3) is 4.61. The third-order valence-electron chi connectivity index (χ3n) is 3.19.